The van der Waals surface area contributed by atoms with E-state index in [2.05, 4.69) is 39.7 Å². The molecule has 2 aliphatic rings. The second kappa shape index (κ2) is 8.65. The van der Waals surface area contributed by atoms with Gasteiger partial charge in [0, 0.05) is 49.1 Å². The first kappa shape index (κ1) is 19.4. The smallest absolute Gasteiger partial charge is 0.146 e. The van der Waals surface area contributed by atoms with Crippen molar-refractivity contribution < 1.29 is 9.47 Å². The molecule has 2 aliphatic heterocycles. The number of hydrogen-bond acceptors (Lipinski definition) is 8. The largest absolute Gasteiger partial charge is 0.379 e. The number of rotatable bonds is 6. The monoisotopic (exact) mass is 430 g/mol. The molecule has 1 atom stereocenters. The molecular weight excluding hydrogens is 404 g/mol. The number of ether oxygens (including phenoxy) is 2. The van der Waals surface area contributed by atoms with E-state index < -0.39 is 0 Å². The summed E-state index contributed by atoms with van der Waals surface area (Å²) in [7, 11) is 2.14. The highest BCUT2D eigenvalue weighted by Gasteiger charge is 2.23. The van der Waals surface area contributed by atoms with Gasteiger partial charge in [-0.05, 0) is 24.3 Å². The number of nitrogens with zero attached hydrogens (tertiary/aromatic N) is 4. The van der Waals surface area contributed by atoms with Crippen LogP contribution < -0.4 is 4.90 Å². The van der Waals surface area contributed by atoms with Crippen molar-refractivity contribution in [1.29, 1.82) is 0 Å². The van der Waals surface area contributed by atoms with Gasteiger partial charge in [-0.25, -0.2) is 9.97 Å². The van der Waals surface area contributed by atoms with Gasteiger partial charge in [-0.1, -0.05) is 6.07 Å². The average molecular weight is 431 g/mol. The molecule has 0 amide bonds. The normalized spacial score (nSPS) is 20.5. The molecule has 3 aromatic rings. The molecule has 0 bridgehead atoms. The van der Waals surface area contributed by atoms with Gasteiger partial charge in [0.05, 0.1) is 31.2 Å². The third-order valence-corrected chi connectivity index (χ3v) is 7.35. The number of fused-ring (bicyclic) bond motifs is 1. The van der Waals surface area contributed by atoms with Crippen LogP contribution in [0.2, 0.25) is 0 Å². The molecular formula is C21H26N4O2S2. The lowest BCUT2D eigenvalue weighted by Crippen LogP contribution is -2.36. The van der Waals surface area contributed by atoms with Crippen LogP contribution in [0, 0.1) is 0 Å². The summed E-state index contributed by atoms with van der Waals surface area (Å²) in [5.41, 5.74) is 1.24. The summed E-state index contributed by atoms with van der Waals surface area (Å²) in [6.45, 7) is 5.96. The van der Waals surface area contributed by atoms with Gasteiger partial charge in [-0.2, -0.15) is 0 Å². The Morgan fingerprint density at radius 2 is 2.10 bits per heavy atom. The molecule has 154 valence electrons. The van der Waals surface area contributed by atoms with Crippen LogP contribution in [0.4, 0.5) is 5.82 Å². The maximum Gasteiger partial charge on any atom is 0.146 e. The molecule has 5 heterocycles. The summed E-state index contributed by atoms with van der Waals surface area (Å²) in [5, 5.41) is 5.53. The Bertz CT molecular complexity index is 947. The quantitative estimate of drug-likeness (QED) is 0.592. The van der Waals surface area contributed by atoms with Crippen LogP contribution in [0.25, 0.3) is 20.7 Å². The summed E-state index contributed by atoms with van der Waals surface area (Å²) in [4.78, 5) is 17.0. The molecule has 1 unspecified atom stereocenters. The van der Waals surface area contributed by atoms with E-state index in [0.717, 1.165) is 75.3 Å². The maximum absolute atomic E-state index is 5.89. The molecule has 29 heavy (non-hydrogen) atoms. The fourth-order valence-electron chi connectivity index (χ4n) is 4.07. The van der Waals surface area contributed by atoms with Gasteiger partial charge in [-0.15, -0.1) is 22.7 Å². The molecule has 0 spiro atoms. The van der Waals surface area contributed by atoms with E-state index >= 15 is 0 Å². The molecule has 0 radical (unpaired) electrons. The Morgan fingerprint density at radius 3 is 2.86 bits per heavy atom. The first-order valence-corrected chi connectivity index (χ1v) is 12.0. The van der Waals surface area contributed by atoms with Crippen LogP contribution in [0.3, 0.4) is 0 Å². The Morgan fingerprint density at radius 1 is 1.21 bits per heavy atom. The minimum absolute atomic E-state index is 0.288. The number of likely N-dealkylation sites (N-methyl/N-ethyl adjacent to an activating group) is 1. The van der Waals surface area contributed by atoms with Gasteiger partial charge in [-0.3, -0.25) is 4.90 Å². The highest BCUT2D eigenvalue weighted by atomic mass is 32.1. The Labute approximate surface area is 179 Å². The first-order chi connectivity index (χ1) is 14.3. The number of hydrogen-bond donors (Lipinski definition) is 0. The second-order valence-corrected chi connectivity index (χ2v) is 9.48. The minimum atomic E-state index is 0.288. The first-order valence-electron chi connectivity index (χ1n) is 10.2. The van der Waals surface area contributed by atoms with E-state index in [1.807, 2.05) is 0 Å². The van der Waals surface area contributed by atoms with E-state index in [4.69, 9.17) is 19.4 Å². The molecule has 3 aromatic heterocycles. The minimum Gasteiger partial charge on any atom is -0.379 e. The molecule has 0 saturated carbocycles. The third-order valence-electron chi connectivity index (χ3n) is 5.58. The SMILES string of the molecule is CN(CC1CCCO1)c1nc(CN2CCOCC2)nc2scc(-c3cccs3)c12. The summed E-state index contributed by atoms with van der Waals surface area (Å²) in [6.07, 6.45) is 2.57. The van der Waals surface area contributed by atoms with Gasteiger partial charge < -0.3 is 14.4 Å². The lowest BCUT2D eigenvalue weighted by molar-refractivity contribution is 0.0331. The van der Waals surface area contributed by atoms with E-state index in [1.165, 1.54) is 15.8 Å². The standard InChI is InChI=1S/C21H26N4O2S2/c1-24(12-15-4-2-8-27-15)20-19-16(17-5-3-11-28-17)14-29-21(19)23-18(22-20)13-25-6-9-26-10-7-25/h3,5,11,14-15H,2,4,6-10,12-13H2,1H3. The zero-order chi connectivity index (χ0) is 19.6. The Hall–Kier alpha value is -1.58. The van der Waals surface area contributed by atoms with Crippen molar-refractivity contribution in [3.63, 3.8) is 0 Å². The van der Waals surface area contributed by atoms with E-state index in [1.54, 1.807) is 22.7 Å². The summed E-state index contributed by atoms with van der Waals surface area (Å²) in [5.74, 6) is 1.92. The van der Waals surface area contributed by atoms with Gasteiger partial charge in [0.2, 0.25) is 0 Å². The zero-order valence-corrected chi connectivity index (χ0v) is 18.3. The van der Waals surface area contributed by atoms with Crippen LogP contribution in [-0.2, 0) is 16.0 Å². The predicted octanol–water partition coefficient (Wildman–Crippen LogP) is 3.87. The predicted molar refractivity (Wildman–Crippen MR) is 119 cm³/mol. The van der Waals surface area contributed by atoms with Gasteiger partial charge in [0.25, 0.3) is 0 Å². The molecule has 5 rings (SSSR count). The molecule has 2 fully saturated rings. The van der Waals surface area contributed by atoms with Crippen molar-refractivity contribution in [2.45, 2.75) is 25.5 Å². The van der Waals surface area contributed by atoms with Crippen molar-refractivity contribution in [2.24, 2.45) is 0 Å². The Kier molecular flexibility index (Phi) is 5.78. The number of anilines is 1. The van der Waals surface area contributed by atoms with E-state index in [-0.39, 0.29) is 6.10 Å². The number of aromatic nitrogens is 2. The van der Waals surface area contributed by atoms with Crippen molar-refractivity contribution in [3.05, 3.63) is 28.7 Å². The van der Waals surface area contributed by atoms with Crippen LogP contribution in [0.5, 0.6) is 0 Å². The van der Waals surface area contributed by atoms with Crippen LogP contribution in [-0.4, -0.2) is 67.5 Å². The third kappa shape index (κ3) is 4.18. The summed E-state index contributed by atoms with van der Waals surface area (Å²) in [6, 6.07) is 4.28. The Balaban J connectivity index is 1.52. The van der Waals surface area contributed by atoms with E-state index in [9.17, 15) is 0 Å². The summed E-state index contributed by atoms with van der Waals surface area (Å²) < 4.78 is 11.4. The van der Waals surface area contributed by atoms with Crippen molar-refractivity contribution >= 4 is 38.7 Å². The van der Waals surface area contributed by atoms with Crippen LogP contribution in [0.1, 0.15) is 18.7 Å². The number of thiophene rings is 2. The fourth-order valence-corrected chi connectivity index (χ4v) is 5.84. The second-order valence-electron chi connectivity index (χ2n) is 7.67. The average Bonchev–Trinajstić information content (AvgIpc) is 3.49. The molecule has 2 saturated heterocycles. The molecule has 8 heteroatoms. The van der Waals surface area contributed by atoms with Crippen LogP contribution >= 0.6 is 22.7 Å². The highest BCUT2D eigenvalue weighted by Crippen LogP contribution is 2.40. The maximum atomic E-state index is 5.89. The summed E-state index contributed by atoms with van der Waals surface area (Å²) >= 11 is 3.48. The molecule has 0 N–H and O–H groups in total. The molecule has 0 aliphatic carbocycles. The molecule has 6 nitrogen and oxygen atoms in total. The van der Waals surface area contributed by atoms with Gasteiger partial charge >= 0.3 is 0 Å². The number of morpholine rings is 1. The van der Waals surface area contributed by atoms with Crippen molar-refractivity contribution in [1.82, 2.24) is 14.9 Å². The van der Waals surface area contributed by atoms with Gasteiger partial charge in [0.1, 0.15) is 16.5 Å². The van der Waals surface area contributed by atoms with Crippen molar-refractivity contribution in [2.75, 3.05) is 51.4 Å². The topological polar surface area (TPSA) is 50.7 Å². The highest BCUT2D eigenvalue weighted by molar-refractivity contribution is 7.18. The van der Waals surface area contributed by atoms with Gasteiger partial charge in [0.15, 0.2) is 0 Å². The fraction of sp³-hybridized carbons (Fsp3) is 0.524. The van der Waals surface area contributed by atoms with Crippen molar-refractivity contribution in [3.8, 4) is 10.4 Å². The van der Waals surface area contributed by atoms with E-state index in [0.29, 0.717) is 0 Å². The lowest BCUT2D eigenvalue weighted by Gasteiger charge is -2.27. The lowest BCUT2D eigenvalue weighted by atomic mass is 10.1. The van der Waals surface area contributed by atoms with Crippen LogP contribution in [0.15, 0.2) is 22.9 Å². The zero-order valence-electron chi connectivity index (χ0n) is 16.7. The molecule has 0 aromatic carbocycles.